The van der Waals surface area contributed by atoms with Crippen LogP contribution in [0.3, 0.4) is 0 Å². The predicted molar refractivity (Wildman–Crippen MR) is 78.2 cm³/mol. The van der Waals surface area contributed by atoms with Gasteiger partial charge in [0.05, 0.1) is 17.4 Å². The van der Waals surface area contributed by atoms with E-state index < -0.39 is 0 Å². The lowest BCUT2D eigenvalue weighted by molar-refractivity contribution is 0.674. The summed E-state index contributed by atoms with van der Waals surface area (Å²) in [7, 11) is 1.98. The van der Waals surface area contributed by atoms with Gasteiger partial charge in [0.25, 0.3) is 0 Å². The van der Waals surface area contributed by atoms with Gasteiger partial charge in [-0.1, -0.05) is 31.2 Å². The van der Waals surface area contributed by atoms with Gasteiger partial charge in [0.2, 0.25) is 0 Å². The Labute approximate surface area is 115 Å². The van der Waals surface area contributed by atoms with Gasteiger partial charge in [-0.15, -0.1) is 0 Å². The first-order valence-corrected chi connectivity index (χ1v) is 6.72. The van der Waals surface area contributed by atoms with E-state index in [0.29, 0.717) is 0 Å². The second-order valence-corrected chi connectivity index (χ2v) is 4.85. The van der Waals surface area contributed by atoms with Gasteiger partial charge in [-0.25, -0.2) is 0 Å². The van der Waals surface area contributed by atoms with Crippen molar-refractivity contribution in [3.05, 3.63) is 58.4 Å². The molecular weight excluding hydrogens is 234 g/mol. The van der Waals surface area contributed by atoms with E-state index in [-0.39, 0.29) is 6.04 Å². The molecule has 0 saturated carbocycles. The quantitative estimate of drug-likeness (QED) is 0.912. The van der Waals surface area contributed by atoms with Crippen molar-refractivity contribution in [3.8, 4) is 0 Å². The average molecular weight is 255 g/mol. The van der Waals surface area contributed by atoms with Gasteiger partial charge >= 0.3 is 0 Å². The first-order chi connectivity index (χ1) is 9.15. The molecule has 1 heterocycles. The van der Waals surface area contributed by atoms with Crippen LogP contribution in [0.1, 0.15) is 41.0 Å². The molecule has 1 N–H and O–H groups in total. The van der Waals surface area contributed by atoms with Gasteiger partial charge in [0, 0.05) is 0 Å². The molecule has 1 aromatic carbocycles. The fourth-order valence-electron chi connectivity index (χ4n) is 2.36. The SMILES string of the molecule is CCc1cccc(C(NC)c2cc(C)nnc2C)c1. The van der Waals surface area contributed by atoms with Crippen LogP contribution >= 0.6 is 0 Å². The summed E-state index contributed by atoms with van der Waals surface area (Å²) in [6.07, 6.45) is 1.05. The third-order valence-electron chi connectivity index (χ3n) is 3.43. The summed E-state index contributed by atoms with van der Waals surface area (Å²) in [6.45, 7) is 6.16. The van der Waals surface area contributed by atoms with Crippen LogP contribution in [-0.4, -0.2) is 17.2 Å². The highest BCUT2D eigenvalue weighted by Gasteiger charge is 2.15. The number of rotatable bonds is 4. The van der Waals surface area contributed by atoms with Crippen LogP contribution < -0.4 is 5.32 Å². The van der Waals surface area contributed by atoms with Crippen LogP contribution in [0.5, 0.6) is 0 Å². The summed E-state index contributed by atoms with van der Waals surface area (Å²) < 4.78 is 0. The maximum absolute atomic E-state index is 4.23. The van der Waals surface area contributed by atoms with Crippen LogP contribution in [0.25, 0.3) is 0 Å². The van der Waals surface area contributed by atoms with Crippen molar-refractivity contribution in [2.45, 2.75) is 33.2 Å². The van der Waals surface area contributed by atoms with E-state index in [1.807, 2.05) is 20.9 Å². The summed E-state index contributed by atoms with van der Waals surface area (Å²) in [6, 6.07) is 11.0. The van der Waals surface area contributed by atoms with E-state index in [1.165, 1.54) is 16.7 Å². The molecule has 100 valence electrons. The highest BCUT2D eigenvalue weighted by atomic mass is 15.1. The Morgan fingerprint density at radius 1 is 1.16 bits per heavy atom. The number of aryl methyl sites for hydroxylation is 3. The topological polar surface area (TPSA) is 37.8 Å². The largest absolute Gasteiger partial charge is 0.309 e. The minimum absolute atomic E-state index is 0.167. The van der Waals surface area contributed by atoms with Gasteiger partial charge in [-0.3, -0.25) is 0 Å². The average Bonchev–Trinajstić information content (AvgIpc) is 2.44. The second kappa shape index (κ2) is 5.93. The summed E-state index contributed by atoms with van der Waals surface area (Å²) in [5.41, 5.74) is 5.76. The standard InChI is InChI=1S/C16H21N3/c1-5-13-7-6-8-14(10-13)16(17-4)15-9-11(2)18-19-12(15)3/h6-10,16-17H,5H2,1-4H3. The van der Waals surface area contributed by atoms with Crippen molar-refractivity contribution in [1.29, 1.82) is 0 Å². The van der Waals surface area contributed by atoms with Crippen LogP contribution in [0.2, 0.25) is 0 Å². The molecular formula is C16H21N3. The highest BCUT2D eigenvalue weighted by molar-refractivity contribution is 5.36. The fraction of sp³-hybridized carbons (Fsp3) is 0.375. The normalized spacial score (nSPS) is 12.4. The summed E-state index contributed by atoms with van der Waals surface area (Å²) in [5, 5.41) is 11.7. The van der Waals surface area contributed by atoms with Crippen molar-refractivity contribution in [2.75, 3.05) is 7.05 Å². The van der Waals surface area contributed by atoms with E-state index >= 15 is 0 Å². The predicted octanol–water partition coefficient (Wildman–Crippen LogP) is 2.96. The number of aromatic nitrogens is 2. The molecule has 0 bridgehead atoms. The first-order valence-electron chi connectivity index (χ1n) is 6.72. The van der Waals surface area contributed by atoms with Gasteiger partial charge in [0.15, 0.2) is 0 Å². The Kier molecular flexibility index (Phi) is 4.27. The Morgan fingerprint density at radius 2 is 1.95 bits per heavy atom. The third-order valence-corrected chi connectivity index (χ3v) is 3.43. The third kappa shape index (κ3) is 2.99. The molecule has 1 aromatic heterocycles. The number of benzene rings is 1. The molecule has 0 saturated heterocycles. The van der Waals surface area contributed by atoms with Gasteiger partial charge in [0.1, 0.15) is 0 Å². The van der Waals surface area contributed by atoms with E-state index in [0.717, 1.165) is 17.8 Å². The maximum atomic E-state index is 4.23. The van der Waals surface area contributed by atoms with Crippen molar-refractivity contribution in [1.82, 2.24) is 15.5 Å². The molecule has 0 amide bonds. The smallest absolute Gasteiger partial charge is 0.0651 e. The van der Waals surface area contributed by atoms with E-state index in [1.54, 1.807) is 0 Å². The van der Waals surface area contributed by atoms with Gasteiger partial charge < -0.3 is 5.32 Å². The Bertz CT molecular complexity index is 564. The highest BCUT2D eigenvalue weighted by Crippen LogP contribution is 2.24. The zero-order valence-corrected chi connectivity index (χ0v) is 12.1. The second-order valence-electron chi connectivity index (χ2n) is 4.85. The van der Waals surface area contributed by atoms with E-state index in [4.69, 9.17) is 0 Å². The minimum atomic E-state index is 0.167. The lowest BCUT2D eigenvalue weighted by Gasteiger charge is -2.19. The summed E-state index contributed by atoms with van der Waals surface area (Å²) in [4.78, 5) is 0. The van der Waals surface area contributed by atoms with Crippen LogP contribution in [0.4, 0.5) is 0 Å². The Balaban J connectivity index is 2.46. The number of hydrogen-bond donors (Lipinski definition) is 1. The number of nitrogens with zero attached hydrogens (tertiary/aromatic N) is 2. The number of hydrogen-bond acceptors (Lipinski definition) is 3. The molecule has 0 aliphatic rings. The summed E-state index contributed by atoms with van der Waals surface area (Å²) >= 11 is 0. The van der Waals surface area contributed by atoms with Crippen molar-refractivity contribution in [2.24, 2.45) is 0 Å². The zero-order chi connectivity index (χ0) is 13.8. The first kappa shape index (κ1) is 13.7. The Morgan fingerprint density at radius 3 is 2.63 bits per heavy atom. The summed E-state index contributed by atoms with van der Waals surface area (Å²) in [5.74, 6) is 0. The Hall–Kier alpha value is -1.74. The molecule has 2 aromatic rings. The number of nitrogens with one attached hydrogen (secondary N) is 1. The van der Waals surface area contributed by atoms with Gasteiger partial charge in [-0.05, 0) is 50.1 Å². The maximum Gasteiger partial charge on any atom is 0.0651 e. The molecule has 0 aliphatic heterocycles. The van der Waals surface area contributed by atoms with E-state index in [9.17, 15) is 0 Å². The van der Waals surface area contributed by atoms with E-state index in [2.05, 4.69) is 52.8 Å². The molecule has 1 atom stereocenters. The van der Waals surface area contributed by atoms with Crippen LogP contribution in [-0.2, 0) is 6.42 Å². The van der Waals surface area contributed by atoms with Crippen molar-refractivity contribution < 1.29 is 0 Å². The molecule has 0 aliphatic carbocycles. The monoisotopic (exact) mass is 255 g/mol. The molecule has 3 nitrogen and oxygen atoms in total. The molecule has 0 spiro atoms. The van der Waals surface area contributed by atoms with Crippen molar-refractivity contribution in [3.63, 3.8) is 0 Å². The zero-order valence-electron chi connectivity index (χ0n) is 12.1. The molecule has 1 unspecified atom stereocenters. The lowest BCUT2D eigenvalue weighted by Crippen LogP contribution is -2.20. The van der Waals surface area contributed by atoms with Gasteiger partial charge in [-0.2, -0.15) is 10.2 Å². The lowest BCUT2D eigenvalue weighted by atomic mass is 9.96. The molecule has 0 fully saturated rings. The van der Waals surface area contributed by atoms with Crippen LogP contribution in [0, 0.1) is 13.8 Å². The molecule has 0 radical (unpaired) electrons. The minimum Gasteiger partial charge on any atom is -0.309 e. The molecule has 2 rings (SSSR count). The molecule has 3 heteroatoms. The fourth-order valence-corrected chi connectivity index (χ4v) is 2.36. The van der Waals surface area contributed by atoms with Crippen molar-refractivity contribution >= 4 is 0 Å². The van der Waals surface area contributed by atoms with Crippen LogP contribution in [0.15, 0.2) is 30.3 Å². The molecule has 19 heavy (non-hydrogen) atoms.